The molecule has 4 heterocycles. The number of furan rings is 1. The van der Waals surface area contributed by atoms with Crippen LogP contribution < -0.4 is 0 Å². The number of rotatable bonds is 3. The van der Waals surface area contributed by atoms with Crippen LogP contribution in [0.1, 0.15) is 15.2 Å². The number of benzene rings is 6. The van der Waals surface area contributed by atoms with E-state index in [1.165, 1.54) is 17.0 Å². The van der Waals surface area contributed by atoms with Crippen LogP contribution in [0.4, 0.5) is 0 Å². The minimum atomic E-state index is -2.09. The Morgan fingerprint density at radius 2 is 1.49 bits per heavy atom. The Bertz CT molecular complexity index is 2940. The zero-order chi connectivity index (χ0) is 36.1. The van der Waals surface area contributed by atoms with E-state index < -0.39 is 6.85 Å². The van der Waals surface area contributed by atoms with Crippen molar-refractivity contribution in [1.29, 1.82) is 0 Å². The molecule has 0 saturated heterocycles. The number of aromatic nitrogens is 4. The summed E-state index contributed by atoms with van der Waals surface area (Å²) < 4.78 is 30.7. The number of hydrogen-bond acceptors (Lipinski definition) is 4. The molecule has 51 heavy (non-hydrogen) atoms. The Hall–Kier alpha value is -5.94. The standard InChI is InChI=1S/C33H20N3O.C12H10N.Ir/c1-20-18-34-19-28-30(20)36(23-9-3-2-4-10-23)33(35-28)27-13-7-12-25-26-17-16-22-15-14-21-8-5-6-11-24(21)29(22)32(26)37-31(25)27;1-10-7-8-12(13-9-10)11-5-3-2-4-6-11;/h2-12,14-19H,1H3;2-5,7-9H,1H3;/q2*-1;/i;1D3;. The van der Waals surface area contributed by atoms with Gasteiger partial charge in [-0.2, -0.15) is 0 Å². The molecule has 0 bridgehead atoms. The molecule has 0 aliphatic heterocycles. The van der Waals surface area contributed by atoms with E-state index in [4.69, 9.17) is 13.5 Å². The smallest absolute Gasteiger partial charge is 0.129 e. The maximum atomic E-state index is 7.23. The average molecular weight is 838 g/mol. The average Bonchev–Trinajstić information content (AvgIpc) is 3.78. The van der Waals surface area contributed by atoms with Crippen molar-refractivity contribution in [3.63, 3.8) is 0 Å². The first-order valence-electron chi connectivity index (χ1n) is 17.8. The van der Waals surface area contributed by atoms with Gasteiger partial charge in [-0.3, -0.25) is 9.97 Å². The van der Waals surface area contributed by atoms with Crippen molar-refractivity contribution in [2.75, 3.05) is 0 Å². The van der Waals surface area contributed by atoms with Crippen LogP contribution in [0.3, 0.4) is 0 Å². The van der Waals surface area contributed by atoms with Crippen molar-refractivity contribution in [3.05, 3.63) is 169 Å². The van der Waals surface area contributed by atoms with Gasteiger partial charge < -0.3 is 14.0 Å². The zero-order valence-electron chi connectivity index (χ0n) is 30.4. The van der Waals surface area contributed by atoms with Crippen LogP contribution in [-0.4, -0.2) is 19.5 Å². The van der Waals surface area contributed by atoms with E-state index >= 15 is 0 Å². The van der Waals surface area contributed by atoms with Gasteiger partial charge in [0.25, 0.3) is 0 Å². The van der Waals surface area contributed by atoms with E-state index in [9.17, 15) is 0 Å². The van der Waals surface area contributed by atoms with Crippen molar-refractivity contribution in [2.24, 2.45) is 0 Å². The minimum Gasteiger partial charge on any atom is -0.500 e. The number of para-hydroxylation sites is 1. The van der Waals surface area contributed by atoms with Crippen LogP contribution in [-0.2, 0) is 20.1 Å². The summed E-state index contributed by atoms with van der Waals surface area (Å²) in [7, 11) is 0. The van der Waals surface area contributed by atoms with Crippen LogP contribution in [0.15, 0.2) is 150 Å². The Morgan fingerprint density at radius 1 is 0.686 bits per heavy atom. The van der Waals surface area contributed by atoms with E-state index in [0.29, 0.717) is 0 Å². The Morgan fingerprint density at radius 3 is 2.31 bits per heavy atom. The molecule has 0 aliphatic rings. The first kappa shape index (κ1) is 28.9. The van der Waals surface area contributed by atoms with Gasteiger partial charge in [0.15, 0.2) is 0 Å². The van der Waals surface area contributed by atoms with Crippen LogP contribution in [0.25, 0.3) is 82.8 Å². The Balaban J connectivity index is 0.000000206. The summed E-state index contributed by atoms with van der Waals surface area (Å²) in [5, 5.41) is 6.83. The SMILES string of the molecule is Cc1cncc2nc(-c3[c-]ccc4c3oc3c4ccc4ccc5ccccc5c43)n(-c3ccccc3)c12.[2H]C([2H])([2H])c1ccc(-c2[c-]cccc2)nc1.[Ir]. The third kappa shape index (κ3) is 5.69. The van der Waals surface area contributed by atoms with E-state index in [2.05, 4.69) is 100 Å². The third-order valence-electron chi connectivity index (χ3n) is 9.04. The second-order valence-corrected chi connectivity index (χ2v) is 12.2. The van der Waals surface area contributed by atoms with Gasteiger partial charge in [-0.05, 0) is 58.9 Å². The largest absolute Gasteiger partial charge is 0.500 e. The number of fused-ring (bicyclic) bond motifs is 8. The van der Waals surface area contributed by atoms with Gasteiger partial charge >= 0.3 is 0 Å². The van der Waals surface area contributed by atoms with Crippen molar-refractivity contribution in [1.82, 2.24) is 19.5 Å². The molecule has 5 nitrogen and oxygen atoms in total. The molecule has 0 N–H and O–H groups in total. The van der Waals surface area contributed by atoms with Gasteiger partial charge in [0.1, 0.15) is 5.58 Å². The number of aryl methyl sites for hydroxylation is 2. The second kappa shape index (κ2) is 13.4. The van der Waals surface area contributed by atoms with E-state index in [0.717, 1.165) is 77.6 Å². The fraction of sp³-hybridized carbons (Fsp3) is 0.0444. The summed E-state index contributed by atoms with van der Waals surface area (Å²) in [6.07, 6.45) is 5.10. The first-order chi connectivity index (χ1) is 25.8. The van der Waals surface area contributed by atoms with Crippen LogP contribution in [0.5, 0.6) is 0 Å². The maximum absolute atomic E-state index is 7.23. The van der Waals surface area contributed by atoms with Crippen molar-refractivity contribution in [2.45, 2.75) is 13.8 Å². The summed E-state index contributed by atoms with van der Waals surface area (Å²) in [4.78, 5) is 13.6. The monoisotopic (exact) mass is 838 g/mol. The summed E-state index contributed by atoms with van der Waals surface area (Å²) in [6, 6.07) is 48.8. The maximum Gasteiger partial charge on any atom is 0.129 e. The molecule has 0 fully saturated rings. The summed E-state index contributed by atoms with van der Waals surface area (Å²) in [5.74, 6) is 0.788. The van der Waals surface area contributed by atoms with Crippen molar-refractivity contribution < 1.29 is 28.6 Å². The molecule has 0 spiro atoms. The van der Waals surface area contributed by atoms with Gasteiger partial charge in [0.05, 0.1) is 28.6 Å². The molecule has 0 saturated carbocycles. The minimum absolute atomic E-state index is 0. The molecule has 247 valence electrons. The topological polar surface area (TPSA) is 56.7 Å². The molecule has 4 aromatic heterocycles. The summed E-state index contributed by atoms with van der Waals surface area (Å²) in [5.41, 5.74) is 8.34. The van der Waals surface area contributed by atoms with Gasteiger partial charge in [0, 0.05) is 53.1 Å². The molecule has 0 aliphatic carbocycles. The molecule has 1 radical (unpaired) electrons. The molecule has 0 atom stereocenters. The van der Waals surface area contributed by atoms with E-state index in [-0.39, 0.29) is 25.7 Å². The van der Waals surface area contributed by atoms with Gasteiger partial charge in [-0.1, -0.05) is 89.8 Å². The van der Waals surface area contributed by atoms with Gasteiger partial charge in [0.2, 0.25) is 0 Å². The molecule has 6 heteroatoms. The second-order valence-electron chi connectivity index (χ2n) is 12.2. The summed E-state index contributed by atoms with van der Waals surface area (Å²) >= 11 is 0. The molecular weight excluding hydrogens is 805 g/mol. The molecule has 6 aromatic carbocycles. The van der Waals surface area contributed by atoms with Crippen LogP contribution in [0.2, 0.25) is 0 Å². The van der Waals surface area contributed by atoms with Gasteiger partial charge in [-0.15, -0.1) is 54.1 Å². The predicted octanol–water partition coefficient (Wildman–Crippen LogP) is 11.3. The molecule has 0 unspecified atom stereocenters. The number of nitrogens with zero attached hydrogens (tertiary/aromatic N) is 4. The number of imidazole rings is 1. The molecule has 0 amide bonds. The van der Waals surface area contributed by atoms with Crippen LogP contribution in [0, 0.1) is 25.9 Å². The number of hydrogen-bond donors (Lipinski definition) is 0. The fourth-order valence-corrected chi connectivity index (χ4v) is 6.74. The normalized spacial score (nSPS) is 12.3. The zero-order valence-corrected chi connectivity index (χ0v) is 29.8. The van der Waals surface area contributed by atoms with Crippen molar-refractivity contribution in [3.8, 4) is 28.3 Å². The summed E-state index contributed by atoms with van der Waals surface area (Å²) in [6.45, 7) is -0.0189. The van der Waals surface area contributed by atoms with Crippen LogP contribution >= 0.6 is 0 Å². The Labute approximate surface area is 312 Å². The van der Waals surface area contributed by atoms with E-state index in [1.54, 1.807) is 18.2 Å². The third-order valence-corrected chi connectivity index (χ3v) is 9.04. The molecule has 10 aromatic rings. The van der Waals surface area contributed by atoms with Crippen molar-refractivity contribution >= 4 is 54.5 Å². The van der Waals surface area contributed by atoms with E-state index in [1.807, 2.05) is 54.9 Å². The predicted molar refractivity (Wildman–Crippen MR) is 203 cm³/mol. The quantitative estimate of drug-likeness (QED) is 0.131. The number of pyridine rings is 2. The first-order valence-corrected chi connectivity index (χ1v) is 16.3. The Kier molecular flexibility index (Phi) is 7.58. The molecule has 10 rings (SSSR count). The fourth-order valence-electron chi connectivity index (χ4n) is 6.74. The van der Waals surface area contributed by atoms with Gasteiger partial charge in [-0.25, -0.2) is 0 Å². The molecular formula is C45H30IrN4O-2.